The van der Waals surface area contributed by atoms with Gasteiger partial charge in [-0.3, -0.25) is 4.79 Å². The van der Waals surface area contributed by atoms with E-state index in [-0.39, 0.29) is 24.4 Å². The van der Waals surface area contributed by atoms with E-state index >= 15 is 0 Å². The van der Waals surface area contributed by atoms with Crippen LogP contribution in [0.4, 0.5) is 0 Å². The highest BCUT2D eigenvalue weighted by atomic mass is 35.5. The van der Waals surface area contributed by atoms with Crippen molar-refractivity contribution in [3.05, 3.63) is 30.2 Å². The number of aryl methyl sites for hydroxylation is 1. The van der Waals surface area contributed by atoms with Crippen molar-refractivity contribution >= 4 is 18.3 Å². The van der Waals surface area contributed by atoms with Gasteiger partial charge < -0.3 is 19.9 Å². The molecule has 1 atom stereocenters. The van der Waals surface area contributed by atoms with E-state index in [0.29, 0.717) is 31.0 Å². The topological polar surface area (TPSA) is 89.3 Å². The zero-order chi connectivity index (χ0) is 16.8. The van der Waals surface area contributed by atoms with E-state index in [1.165, 1.54) is 0 Å². The van der Waals surface area contributed by atoms with Crippen LogP contribution < -0.4 is 15.4 Å². The first kappa shape index (κ1) is 19.2. The van der Waals surface area contributed by atoms with Crippen LogP contribution in [0.3, 0.4) is 0 Å². The zero-order valence-corrected chi connectivity index (χ0v) is 15.0. The van der Waals surface area contributed by atoms with Crippen molar-refractivity contribution in [2.24, 2.45) is 0 Å². The predicted octanol–water partition coefficient (Wildman–Crippen LogP) is 1.97. The molecule has 1 fully saturated rings. The van der Waals surface area contributed by atoms with Gasteiger partial charge in [-0.1, -0.05) is 5.16 Å². The lowest BCUT2D eigenvalue weighted by atomic mass is 10.2. The van der Waals surface area contributed by atoms with Crippen molar-refractivity contribution in [1.29, 1.82) is 0 Å². The molecule has 0 radical (unpaired) electrons. The number of hydrogen-bond acceptors (Lipinski definition) is 6. The van der Waals surface area contributed by atoms with Gasteiger partial charge in [0.2, 0.25) is 17.6 Å². The number of rotatable bonds is 7. The molecule has 2 N–H and O–H groups in total. The molecule has 1 aliphatic rings. The van der Waals surface area contributed by atoms with Crippen LogP contribution in [0.15, 0.2) is 28.8 Å². The third-order valence-electron chi connectivity index (χ3n) is 4.04. The fourth-order valence-corrected chi connectivity index (χ4v) is 2.69. The molecule has 0 aliphatic carbocycles. The van der Waals surface area contributed by atoms with Crippen LogP contribution in [0.2, 0.25) is 0 Å². The largest absolute Gasteiger partial charge is 0.497 e. The van der Waals surface area contributed by atoms with Gasteiger partial charge in [0.1, 0.15) is 5.75 Å². The third kappa shape index (κ3) is 5.44. The van der Waals surface area contributed by atoms with Gasteiger partial charge in [-0.15, -0.1) is 12.4 Å². The maximum Gasteiger partial charge on any atom is 0.226 e. The molecule has 0 bridgehead atoms. The van der Waals surface area contributed by atoms with E-state index in [0.717, 1.165) is 30.8 Å². The van der Waals surface area contributed by atoms with Crippen LogP contribution in [-0.4, -0.2) is 42.3 Å². The molecule has 1 amide bonds. The Balaban J connectivity index is 0.00000225. The van der Waals surface area contributed by atoms with Crippen LogP contribution in [0.1, 0.15) is 25.2 Å². The summed E-state index contributed by atoms with van der Waals surface area (Å²) in [6.07, 6.45) is 2.76. The summed E-state index contributed by atoms with van der Waals surface area (Å²) in [6.45, 7) is 1.84. The molecule has 3 rings (SSSR count). The Hall–Kier alpha value is -2.12. The van der Waals surface area contributed by atoms with Gasteiger partial charge in [-0.25, -0.2) is 0 Å². The van der Waals surface area contributed by atoms with Gasteiger partial charge in [0.05, 0.1) is 7.11 Å². The van der Waals surface area contributed by atoms with Crippen LogP contribution in [0, 0.1) is 0 Å². The standard InChI is InChI=1S/C17H22N4O3.ClH/c1-23-14-7-5-12(6-8-14)17-20-16(24-21-17)4-2-3-15(22)19-13-9-10-18-11-13;/h5-8,13,18H,2-4,9-11H2,1H3,(H,19,22);1H. The Morgan fingerprint density at radius 2 is 2.20 bits per heavy atom. The number of aromatic nitrogens is 2. The molecule has 8 heteroatoms. The maximum atomic E-state index is 11.9. The smallest absolute Gasteiger partial charge is 0.226 e. The first-order valence-corrected chi connectivity index (χ1v) is 8.21. The number of amides is 1. The molecule has 2 aromatic rings. The Bertz CT molecular complexity index is 669. The lowest BCUT2D eigenvalue weighted by molar-refractivity contribution is -0.121. The van der Waals surface area contributed by atoms with E-state index in [1.807, 2.05) is 24.3 Å². The fraction of sp³-hybridized carbons (Fsp3) is 0.471. The van der Waals surface area contributed by atoms with E-state index < -0.39 is 0 Å². The number of benzene rings is 1. The molecule has 7 nitrogen and oxygen atoms in total. The van der Waals surface area contributed by atoms with Crippen molar-refractivity contribution < 1.29 is 14.1 Å². The molecule has 25 heavy (non-hydrogen) atoms. The molecule has 0 saturated carbocycles. The SMILES string of the molecule is COc1ccc(-c2noc(CCCC(=O)NC3CCNC3)n2)cc1.Cl. The molecule has 136 valence electrons. The van der Waals surface area contributed by atoms with Crippen molar-refractivity contribution in [2.45, 2.75) is 31.7 Å². The van der Waals surface area contributed by atoms with Crippen molar-refractivity contribution in [1.82, 2.24) is 20.8 Å². The molecular formula is C17H23ClN4O3. The van der Waals surface area contributed by atoms with Crippen LogP contribution in [0.25, 0.3) is 11.4 Å². The first-order chi connectivity index (χ1) is 11.7. The average molecular weight is 367 g/mol. The van der Waals surface area contributed by atoms with E-state index in [9.17, 15) is 4.79 Å². The normalized spacial score (nSPS) is 16.3. The number of ether oxygens (including phenoxy) is 1. The van der Waals surface area contributed by atoms with Gasteiger partial charge in [-0.2, -0.15) is 4.98 Å². The lowest BCUT2D eigenvalue weighted by Crippen LogP contribution is -2.36. The summed E-state index contributed by atoms with van der Waals surface area (Å²) >= 11 is 0. The monoisotopic (exact) mass is 366 g/mol. The summed E-state index contributed by atoms with van der Waals surface area (Å²) < 4.78 is 10.4. The molecular weight excluding hydrogens is 344 g/mol. The quantitative estimate of drug-likeness (QED) is 0.778. The summed E-state index contributed by atoms with van der Waals surface area (Å²) in [4.78, 5) is 16.2. The van der Waals surface area contributed by atoms with Gasteiger partial charge >= 0.3 is 0 Å². The van der Waals surface area contributed by atoms with Crippen molar-refractivity contribution in [3.63, 3.8) is 0 Å². The second-order valence-electron chi connectivity index (χ2n) is 5.85. The number of halogens is 1. The highest BCUT2D eigenvalue weighted by Gasteiger charge is 2.16. The minimum Gasteiger partial charge on any atom is -0.497 e. The predicted molar refractivity (Wildman–Crippen MR) is 95.9 cm³/mol. The summed E-state index contributed by atoms with van der Waals surface area (Å²) in [7, 11) is 1.63. The summed E-state index contributed by atoms with van der Waals surface area (Å²) in [5.41, 5.74) is 0.872. The number of nitrogens with one attached hydrogen (secondary N) is 2. The Labute approximate surface area is 152 Å². The summed E-state index contributed by atoms with van der Waals surface area (Å²) in [6, 6.07) is 7.75. The Kier molecular flexibility index (Phi) is 7.21. The third-order valence-corrected chi connectivity index (χ3v) is 4.04. The molecule has 1 unspecified atom stereocenters. The zero-order valence-electron chi connectivity index (χ0n) is 14.2. The molecule has 1 saturated heterocycles. The van der Waals surface area contributed by atoms with E-state index in [1.54, 1.807) is 7.11 Å². The molecule has 1 aromatic heterocycles. The second kappa shape index (κ2) is 9.39. The second-order valence-corrected chi connectivity index (χ2v) is 5.85. The minimum atomic E-state index is 0. The molecule has 0 spiro atoms. The maximum absolute atomic E-state index is 11.9. The van der Waals surface area contributed by atoms with Gasteiger partial charge in [0, 0.05) is 31.0 Å². The minimum absolute atomic E-state index is 0. The van der Waals surface area contributed by atoms with Crippen LogP contribution >= 0.6 is 12.4 Å². The van der Waals surface area contributed by atoms with Crippen LogP contribution in [0.5, 0.6) is 5.75 Å². The van der Waals surface area contributed by atoms with Gasteiger partial charge in [-0.05, 0) is 43.7 Å². The highest BCUT2D eigenvalue weighted by Crippen LogP contribution is 2.20. The van der Waals surface area contributed by atoms with Gasteiger partial charge in [0.25, 0.3) is 0 Å². The first-order valence-electron chi connectivity index (χ1n) is 8.21. The molecule has 1 aliphatic heterocycles. The van der Waals surface area contributed by atoms with E-state index in [2.05, 4.69) is 20.8 Å². The average Bonchev–Trinajstić information content (AvgIpc) is 3.27. The molecule has 1 aromatic carbocycles. The number of carbonyl (C=O) groups excluding carboxylic acids is 1. The lowest BCUT2D eigenvalue weighted by Gasteiger charge is -2.10. The van der Waals surface area contributed by atoms with Crippen molar-refractivity contribution in [3.8, 4) is 17.1 Å². The van der Waals surface area contributed by atoms with Crippen molar-refractivity contribution in [2.75, 3.05) is 20.2 Å². The van der Waals surface area contributed by atoms with E-state index in [4.69, 9.17) is 9.26 Å². The Morgan fingerprint density at radius 1 is 1.40 bits per heavy atom. The van der Waals surface area contributed by atoms with Crippen LogP contribution in [-0.2, 0) is 11.2 Å². The number of carbonyl (C=O) groups is 1. The highest BCUT2D eigenvalue weighted by molar-refractivity contribution is 5.85. The molecule has 2 heterocycles. The summed E-state index contributed by atoms with van der Waals surface area (Å²) in [5.74, 6) is 1.97. The number of nitrogens with zero attached hydrogens (tertiary/aromatic N) is 2. The summed E-state index contributed by atoms with van der Waals surface area (Å²) in [5, 5.41) is 10.2. The number of hydrogen-bond donors (Lipinski definition) is 2. The fourth-order valence-electron chi connectivity index (χ4n) is 2.69. The Morgan fingerprint density at radius 3 is 2.88 bits per heavy atom. The van der Waals surface area contributed by atoms with Gasteiger partial charge in [0.15, 0.2) is 0 Å². The number of methoxy groups -OCH3 is 1.